The van der Waals surface area contributed by atoms with Gasteiger partial charge >= 0.3 is 0 Å². The maximum absolute atomic E-state index is 13.7. The topological polar surface area (TPSA) is 26.0 Å². The normalized spacial score (nSPS) is 14.1. The van der Waals surface area contributed by atoms with E-state index in [4.69, 9.17) is 17.3 Å². The fourth-order valence-electron chi connectivity index (χ4n) is 1.87. The fraction of sp³-hybridized carbons (Fsp3) is 0.200. The van der Waals surface area contributed by atoms with Crippen molar-refractivity contribution in [2.24, 2.45) is 5.73 Å². The first-order valence-electron chi connectivity index (χ1n) is 6.10. The van der Waals surface area contributed by atoms with Crippen LogP contribution in [0.4, 0.5) is 8.78 Å². The molecule has 0 saturated carbocycles. The zero-order chi connectivity index (χ0) is 14.7. The molecule has 0 aliphatic carbocycles. The molecule has 2 atom stereocenters. The first kappa shape index (κ1) is 15.3. The first-order valence-corrected chi connectivity index (χ1v) is 7.36. The van der Waals surface area contributed by atoms with E-state index in [1.165, 1.54) is 17.8 Å². The van der Waals surface area contributed by atoms with E-state index in [1.807, 2.05) is 19.1 Å². The summed E-state index contributed by atoms with van der Waals surface area (Å²) in [7, 11) is 0. The van der Waals surface area contributed by atoms with Crippen molar-refractivity contribution < 1.29 is 8.78 Å². The van der Waals surface area contributed by atoms with Crippen molar-refractivity contribution in [3.8, 4) is 0 Å². The molecule has 5 heteroatoms. The van der Waals surface area contributed by atoms with Crippen molar-refractivity contribution >= 4 is 23.4 Å². The Hall–Kier alpha value is -1.10. The van der Waals surface area contributed by atoms with Crippen molar-refractivity contribution in [3.63, 3.8) is 0 Å². The Labute approximate surface area is 126 Å². The van der Waals surface area contributed by atoms with Crippen LogP contribution in [0.5, 0.6) is 0 Å². The van der Waals surface area contributed by atoms with Gasteiger partial charge in [0.1, 0.15) is 11.6 Å². The zero-order valence-electron chi connectivity index (χ0n) is 10.8. The van der Waals surface area contributed by atoms with E-state index < -0.39 is 11.6 Å². The van der Waals surface area contributed by atoms with Crippen LogP contribution in [0.1, 0.15) is 17.7 Å². The molecule has 2 aromatic rings. The van der Waals surface area contributed by atoms with Gasteiger partial charge in [0, 0.05) is 21.2 Å². The Morgan fingerprint density at radius 1 is 1.15 bits per heavy atom. The summed E-state index contributed by atoms with van der Waals surface area (Å²) in [5.41, 5.74) is 6.86. The molecule has 0 spiro atoms. The maximum Gasteiger partial charge on any atom is 0.136 e. The molecule has 2 rings (SSSR count). The average Bonchev–Trinajstić information content (AvgIpc) is 2.39. The quantitative estimate of drug-likeness (QED) is 0.821. The third kappa shape index (κ3) is 3.72. The van der Waals surface area contributed by atoms with Gasteiger partial charge in [0.15, 0.2) is 0 Å². The van der Waals surface area contributed by atoms with Gasteiger partial charge in [0.25, 0.3) is 0 Å². The highest BCUT2D eigenvalue weighted by molar-refractivity contribution is 7.99. The van der Waals surface area contributed by atoms with Crippen molar-refractivity contribution in [1.29, 1.82) is 0 Å². The largest absolute Gasteiger partial charge is 0.327 e. The first-order chi connectivity index (χ1) is 9.47. The highest BCUT2D eigenvalue weighted by atomic mass is 35.5. The highest BCUT2D eigenvalue weighted by Crippen LogP contribution is 2.39. The van der Waals surface area contributed by atoms with E-state index in [1.54, 1.807) is 12.1 Å². The lowest BCUT2D eigenvalue weighted by molar-refractivity contribution is 0.576. The van der Waals surface area contributed by atoms with Crippen LogP contribution in [0.2, 0.25) is 5.02 Å². The second kappa shape index (κ2) is 6.57. The minimum atomic E-state index is -0.469. The monoisotopic (exact) mass is 313 g/mol. The molecule has 0 fully saturated rings. The van der Waals surface area contributed by atoms with E-state index in [0.29, 0.717) is 5.02 Å². The van der Waals surface area contributed by atoms with E-state index in [2.05, 4.69) is 0 Å². The van der Waals surface area contributed by atoms with Crippen LogP contribution in [-0.4, -0.2) is 6.04 Å². The molecule has 2 N–H and O–H groups in total. The minimum absolute atomic E-state index is 0.204. The van der Waals surface area contributed by atoms with Crippen LogP contribution < -0.4 is 5.73 Å². The van der Waals surface area contributed by atoms with Gasteiger partial charge in [-0.1, -0.05) is 23.7 Å². The van der Waals surface area contributed by atoms with Gasteiger partial charge in [-0.2, -0.15) is 0 Å². The van der Waals surface area contributed by atoms with Crippen LogP contribution in [0.3, 0.4) is 0 Å². The van der Waals surface area contributed by atoms with E-state index >= 15 is 0 Å². The summed E-state index contributed by atoms with van der Waals surface area (Å²) < 4.78 is 27.0. The molecule has 0 bridgehead atoms. The predicted molar refractivity (Wildman–Crippen MR) is 80.1 cm³/mol. The lowest BCUT2D eigenvalue weighted by atomic mass is 10.1. The number of hydrogen-bond acceptors (Lipinski definition) is 2. The maximum atomic E-state index is 13.7. The molecular weight excluding hydrogens is 300 g/mol. The zero-order valence-corrected chi connectivity index (χ0v) is 12.4. The fourth-order valence-corrected chi connectivity index (χ4v) is 3.20. The van der Waals surface area contributed by atoms with Crippen LogP contribution >= 0.6 is 23.4 Å². The van der Waals surface area contributed by atoms with E-state index in [0.717, 1.165) is 17.7 Å². The smallest absolute Gasteiger partial charge is 0.136 e. The molecular formula is C15H14ClF2NS. The Balaban J connectivity index is 2.33. The summed E-state index contributed by atoms with van der Waals surface area (Å²) in [6.07, 6.45) is 0. The molecule has 0 heterocycles. The molecule has 20 heavy (non-hydrogen) atoms. The molecule has 0 amide bonds. The molecule has 2 aromatic carbocycles. The molecule has 0 saturated heterocycles. The Kier molecular flexibility index (Phi) is 5.02. The van der Waals surface area contributed by atoms with Gasteiger partial charge in [0.2, 0.25) is 0 Å². The molecule has 106 valence electrons. The van der Waals surface area contributed by atoms with Crippen LogP contribution in [0.15, 0.2) is 47.4 Å². The summed E-state index contributed by atoms with van der Waals surface area (Å²) in [4.78, 5) is 0.243. The Morgan fingerprint density at radius 2 is 1.90 bits per heavy atom. The van der Waals surface area contributed by atoms with Crippen LogP contribution in [0, 0.1) is 11.6 Å². The number of nitrogens with two attached hydrogens (primary N) is 1. The van der Waals surface area contributed by atoms with Gasteiger partial charge in [-0.25, -0.2) is 8.78 Å². The van der Waals surface area contributed by atoms with Crippen LogP contribution in [0.25, 0.3) is 0 Å². The number of halogens is 3. The number of thioether (sulfide) groups is 1. The van der Waals surface area contributed by atoms with Gasteiger partial charge in [-0.05, 0) is 42.8 Å². The summed E-state index contributed by atoms with van der Waals surface area (Å²) in [6, 6.07) is 10.4. The van der Waals surface area contributed by atoms with Crippen molar-refractivity contribution in [3.05, 3.63) is 64.7 Å². The van der Waals surface area contributed by atoms with Gasteiger partial charge in [-0.3, -0.25) is 0 Å². The molecule has 2 unspecified atom stereocenters. The minimum Gasteiger partial charge on any atom is -0.327 e. The predicted octanol–water partition coefficient (Wildman–Crippen LogP) is 4.80. The van der Waals surface area contributed by atoms with Crippen molar-refractivity contribution in [2.45, 2.75) is 23.1 Å². The van der Waals surface area contributed by atoms with Gasteiger partial charge < -0.3 is 5.73 Å². The molecule has 0 aliphatic rings. The third-order valence-electron chi connectivity index (χ3n) is 2.80. The SMILES string of the molecule is CC(N)C(Sc1cc(F)ccc1F)c1cccc(Cl)c1. The Bertz CT molecular complexity index is 604. The van der Waals surface area contributed by atoms with Gasteiger partial charge in [-0.15, -0.1) is 11.8 Å². The van der Waals surface area contributed by atoms with E-state index in [-0.39, 0.29) is 16.2 Å². The van der Waals surface area contributed by atoms with Crippen molar-refractivity contribution in [1.82, 2.24) is 0 Å². The molecule has 1 nitrogen and oxygen atoms in total. The van der Waals surface area contributed by atoms with Crippen LogP contribution in [-0.2, 0) is 0 Å². The Morgan fingerprint density at radius 3 is 2.55 bits per heavy atom. The lowest BCUT2D eigenvalue weighted by Gasteiger charge is -2.21. The molecule has 0 radical (unpaired) electrons. The highest BCUT2D eigenvalue weighted by Gasteiger charge is 2.20. The summed E-state index contributed by atoms with van der Waals surface area (Å²) in [6.45, 7) is 1.83. The number of benzene rings is 2. The third-order valence-corrected chi connectivity index (χ3v) is 4.56. The number of hydrogen-bond donors (Lipinski definition) is 1. The second-order valence-corrected chi connectivity index (χ2v) is 6.15. The summed E-state index contributed by atoms with van der Waals surface area (Å²) >= 11 is 7.17. The number of rotatable bonds is 4. The second-order valence-electron chi connectivity index (χ2n) is 4.53. The van der Waals surface area contributed by atoms with E-state index in [9.17, 15) is 8.78 Å². The summed E-state index contributed by atoms with van der Waals surface area (Å²) in [5, 5.41) is 0.387. The molecule has 0 aromatic heterocycles. The molecule has 0 aliphatic heterocycles. The van der Waals surface area contributed by atoms with Crippen molar-refractivity contribution in [2.75, 3.05) is 0 Å². The standard InChI is InChI=1S/C15H14ClF2NS/c1-9(19)15(10-3-2-4-11(16)7-10)20-14-8-12(17)5-6-13(14)18/h2-9,15H,19H2,1H3. The summed E-state index contributed by atoms with van der Waals surface area (Å²) in [5.74, 6) is -0.924. The lowest BCUT2D eigenvalue weighted by Crippen LogP contribution is -2.22. The average molecular weight is 314 g/mol. The van der Waals surface area contributed by atoms with Gasteiger partial charge in [0.05, 0.1) is 0 Å².